The van der Waals surface area contributed by atoms with Gasteiger partial charge < -0.3 is 4.74 Å². The number of carbonyl (C=O) groups excluding carboxylic acids is 1. The van der Waals surface area contributed by atoms with Crippen molar-refractivity contribution in [2.24, 2.45) is 5.92 Å². The average molecular weight is 212 g/mol. The molecule has 0 aromatic heterocycles. The zero-order chi connectivity index (χ0) is 10.9. The predicted octanol–water partition coefficient (Wildman–Crippen LogP) is 3.69. The topological polar surface area (TPSA) is 26.3 Å². The minimum Gasteiger partial charge on any atom is -0.465 e. The molecule has 0 bridgehead atoms. The Balaban J connectivity index is 2.25. The monoisotopic (exact) mass is 212 g/mol. The van der Waals surface area contributed by atoms with Crippen LogP contribution >= 0.6 is 0 Å². The molecule has 2 heteroatoms. The zero-order valence-corrected chi connectivity index (χ0v) is 9.96. The highest BCUT2D eigenvalue weighted by molar-refractivity contribution is 5.69. The van der Waals surface area contributed by atoms with Gasteiger partial charge in [0.25, 0.3) is 0 Å². The molecule has 2 nitrogen and oxygen atoms in total. The van der Waals surface area contributed by atoms with Gasteiger partial charge in [0.05, 0.1) is 6.61 Å². The van der Waals surface area contributed by atoms with Gasteiger partial charge in [-0.1, -0.05) is 45.4 Å². The van der Waals surface area contributed by atoms with E-state index >= 15 is 0 Å². The highest BCUT2D eigenvalue weighted by atomic mass is 16.5. The van der Waals surface area contributed by atoms with Gasteiger partial charge in [-0.2, -0.15) is 0 Å². The van der Waals surface area contributed by atoms with Crippen LogP contribution in [0.2, 0.25) is 0 Å². The summed E-state index contributed by atoms with van der Waals surface area (Å²) in [5, 5.41) is 0. The van der Waals surface area contributed by atoms with Crippen LogP contribution in [0.4, 0.5) is 0 Å². The van der Waals surface area contributed by atoms with Crippen molar-refractivity contribution >= 4 is 5.97 Å². The highest BCUT2D eigenvalue weighted by Crippen LogP contribution is 2.15. The molecule has 1 aliphatic rings. The van der Waals surface area contributed by atoms with Crippen molar-refractivity contribution in [3.63, 3.8) is 0 Å². The van der Waals surface area contributed by atoms with Crippen LogP contribution in [0, 0.1) is 5.92 Å². The summed E-state index contributed by atoms with van der Waals surface area (Å²) in [6.45, 7) is 2.80. The number of rotatable bonds is 0. The van der Waals surface area contributed by atoms with Gasteiger partial charge in [0, 0.05) is 6.42 Å². The molecule has 0 amide bonds. The van der Waals surface area contributed by atoms with E-state index in [2.05, 4.69) is 6.92 Å². The van der Waals surface area contributed by atoms with Gasteiger partial charge in [0.15, 0.2) is 0 Å². The molecule has 0 aromatic rings. The van der Waals surface area contributed by atoms with Crippen LogP contribution in [-0.2, 0) is 9.53 Å². The van der Waals surface area contributed by atoms with Crippen molar-refractivity contribution in [3.05, 3.63) is 0 Å². The maximum absolute atomic E-state index is 11.3. The lowest BCUT2D eigenvalue weighted by atomic mass is 10.0. The minimum atomic E-state index is 0.00102. The van der Waals surface area contributed by atoms with Crippen molar-refractivity contribution in [2.75, 3.05) is 6.61 Å². The van der Waals surface area contributed by atoms with Crippen molar-refractivity contribution in [3.8, 4) is 0 Å². The number of hydrogen-bond donors (Lipinski definition) is 0. The molecule has 1 heterocycles. The predicted molar refractivity (Wildman–Crippen MR) is 61.7 cm³/mol. The van der Waals surface area contributed by atoms with Crippen molar-refractivity contribution in [2.45, 2.75) is 64.7 Å². The molecule has 1 fully saturated rings. The van der Waals surface area contributed by atoms with E-state index in [0.29, 0.717) is 18.9 Å². The van der Waals surface area contributed by atoms with E-state index in [1.54, 1.807) is 0 Å². The van der Waals surface area contributed by atoms with E-state index in [4.69, 9.17) is 4.74 Å². The molecular weight excluding hydrogens is 188 g/mol. The van der Waals surface area contributed by atoms with E-state index in [0.717, 1.165) is 6.42 Å². The molecule has 0 N–H and O–H groups in total. The second kappa shape index (κ2) is 7.72. The number of esters is 1. The Morgan fingerprint density at radius 1 is 1.00 bits per heavy atom. The second-order valence-electron chi connectivity index (χ2n) is 4.80. The van der Waals surface area contributed by atoms with E-state index < -0.39 is 0 Å². The van der Waals surface area contributed by atoms with Crippen molar-refractivity contribution < 1.29 is 9.53 Å². The van der Waals surface area contributed by atoms with Gasteiger partial charge in [-0.05, 0) is 18.8 Å². The highest BCUT2D eigenvalue weighted by Gasteiger charge is 2.08. The number of hydrogen-bond acceptors (Lipinski definition) is 2. The molecule has 0 unspecified atom stereocenters. The maximum Gasteiger partial charge on any atom is 0.305 e. The molecule has 15 heavy (non-hydrogen) atoms. The van der Waals surface area contributed by atoms with Gasteiger partial charge in [-0.25, -0.2) is 0 Å². The Bertz CT molecular complexity index is 177. The van der Waals surface area contributed by atoms with E-state index in [9.17, 15) is 4.79 Å². The molecule has 1 aliphatic heterocycles. The number of cyclic esters (lactones) is 1. The first-order valence-corrected chi connectivity index (χ1v) is 6.44. The fourth-order valence-electron chi connectivity index (χ4n) is 2.04. The summed E-state index contributed by atoms with van der Waals surface area (Å²) < 4.78 is 5.23. The Kier molecular flexibility index (Phi) is 6.45. The number of ether oxygens (including phenoxy) is 1. The summed E-state index contributed by atoms with van der Waals surface area (Å²) in [4.78, 5) is 11.3. The third-order valence-corrected chi connectivity index (χ3v) is 3.11. The lowest BCUT2D eigenvalue weighted by molar-refractivity contribution is -0.145. The summed E-state index contributed by atoms with van der Waals surface area (Å²) in [6, 6.07) is 0. The smallest absolute Gasteiger partial charge is 0.305 e. The van der Waals surface area contributed by atoms with Crippen LogP contribution in [0.25, 0.3) is 0 Å². The van der Waals surface area contributed by atoms with Crippen LogP contribution in [0.15, 0.2) is 0 Å². The largest absolute Gasteiger partial charge is 0.465 e. The minimum absolute atomic E-state index is 0.00102. The SMILES string of the molecule is C[C@@H]1CCCCCCCCCC(=O)OC1. The van der Waals surface area contributed by atoms with Crippen molar-refractivity contribution in [1.29, 1.82) is 0 Å². The fraction of sp³-hybridized carbons (Fsp3) is 0.923. The zero-order valence-electron chi connectivity index (χ0n) is 9.96. The molecule has 0 aliphatic carbocycles. The Morgan fingerprint density at radius 3 is 2.33 bits per heavy atom. The lowest BCUT2D eigenvalue weighted by Gasteiger charge is -2.11. The van der Waals surface area contributed by atoms with Crippen LogP contribution in [-0.4, -0.2) is 12.6 Å². The molecule has 1 atom stereocenters. The molecular formula is C13H24O2. The molecule has 88 valence electrons. The Morgan fingerprint density at radius 2 is 1.60 bits per heavy atom. The lowest BCUT2D eigenvalue weighted by Crippen LogP contribution is -2.11. The maximum atomic E-state index is 11.3. The molecule has 0 saturated carbocycles. The third-order valence-electron chi connectivity index (χ3n) is 3.11. The van der Waals surface area contributed by atoms with Gasteiger partial charge in [0.1, 0.15) is 0 Å². The van der Waals surface area contributed by atoms with Crippen molar-refractivity contribution in [1.82, 2.24) is 0 Å². The normalized spacial score (nSPS) is 27.0. The summed E-state index contributed by atoms with van der Waals surface area (Å²) in [7, 11) is 0. The quantitative estimate of drug-likeness (QED) is 0.572. The van der Waals surface area contributed by atoms with Crippen LogP contribution in [0.5, 0.6) is 0 Å². The molecule has 0 radical (unpaired) electrons. The average Bonchev–Trinajstić information content (AvgIpc) is 2.24. The van der Waals surface area contributed by atoms with Gasteiger partial charge in [0.2, 0.25) is 0 Å². The summed E-state index contributed by atoms with van der Waals surface area (Å²) in [6.07, 6.45) is 10.6. The Hall–Kier alpha value is -0.530. The van der Waals surface area contributed by atoms with Crippen LogP contribution in [0.3, 0.4) is 0 Å². The fourth-order valence-corrected chi connectivity index (χ4v) is 2.04. The standard InChI is InChI=1S/C13H24O2/c1-12-9-7-5-3-2-4-6-8-10-13(14)15-11-12/h12H,2-11H2,1H3/t12-/m1/s1. The second-order valence-corrected chi connectivity index (χ2v) is 4.80. The summed E-state index contributed by atoms with van der Waals surface area (Å²) in [5.74, 6) is 0.538. The van der Waals surface area contributed by atoms with E-state index in [-0.39, 0.29) is 5.97 Å². The van der Waals surface area contributed by atoms with Crippen LogP contribution in [0.1, 0.15) is 64.7 Å². The van der Waals surface area contributed by atoms with E-state index in [1.807, 2.05) is 0 Å². The van der Waals surface area contributed by atoms with Gasteiger partial charge in [-0.15, -0.1) is 0 Å². The number of carbonyl (C=O) groups is 1. The summed E-state index contributed by atoms with van der Waals surface area (Å²) in [5.41, 5.74) is 0. The summed E-state index contributed by atoms with van der Waals surface area (Å²) >= 11 is 0. The molecule has 1 rings (SSSR count). The molecule has 0 spiro atoms. The van der Waals surface area contributed by atoms with Crippen LogP contribution < -0.4 is 0 Å². The molecule has 1 saturated heterocycles. The molecule has 0 aromatic carbocycles. The first-order chi connectivity index (χ1) is 7.29. The Labute approximate surface area is 93.4 Å². The van der Waals surface area contributed by atoms with Gasteiger partial charge >= 0.3 is 5.97 Å². The third kappa shape index (κ3) is 6.53. The first-order valence-electron chi connectivity index (χ1n) is 6.44. The van der Waals surface area contributed by atoms with E-state index in [1.165, 1.54) is 44.9 Å². The van der Waals surface area contributed by atoms with Gasteiger partial charge in [-0.3, -0.25) is 4.79 Å². The first kappa shape index (κ1) is 12.5.